The van der Waals surface area contributed by atoms with Gasteiger partial charge in [0.1, 0.15) is 10.7 Å². The molecule has 0 radical (unpaired) electrons. The molecule has 0 aliphatic rings. The van der Waals surface area contributed by atoms with Gasteiger partial charge < -0.3 is 4.74 Å². The van der Waals surface area contributed by atoms with Crippen LogP contribution in [0.15, 0.2) is 5.03 Å². The number of hydrogen-bond donors (Lipinski definition) is 2. The van der Waals surface area contributed by atoms with E-state index < -0.39 is 0 Å². The second kappa shape index (κ2) is 4.27. The average Bonchev–Trinajstić information content (AvgIpc) is 2.34. The van der Waals surface area contributed by atoms with E-state index >= 15 is 0 Å². The Labute approximate surface area is 81.3 Å². The van der Waals surface area contributed by atoms with Crippen molar-refractivity contribution in [2.24, 2.45) is 0 Å². The summed E-state index contributed by atoms with van der Waals surface area (Å²) >= 11 is 4.03. The third-order valence-corrected chi connectivity index (χ3v) is 1.64. The molecule has 1 aromatic heterocycles. The van der Waals surface area contributed by atoms with Crippen LogP contribution in [0.5, 0.6) is 0 Å². The third kappa shape index (κ3) is 3.06. The van der Waals surface area contributed by atoms with Gasteiger partial charge in [-0.1, -0.05) is 5.21 Å². The van der Waals surface area contributed by atoms with Gasteiger partial charge >= 0.3 is 5.97 Å². The van der Waals surface area contributed by atoms with Crippen molar-refractivity contribution in [1.29, 1.82) is 0 Å². The summed E-state index contributed by atoms with van der Waals surface area (Å²) in [5.74, 6) is -0.320. The van der Waals surface area contributed by atoms with Crippen molar-refractivity contribution in [3.8, 4) is 0 Å². The van der Waals surface area contributed by atoms with Crippen molar-refractivity contribution in [3.63, 3.8) is 0 Å². The standard InChI is InChI=1S/C7H11N3O2S/c1-4(2)12-6(11)3-5-7(13)9-10-8-5/h4H,3H2,1-2H3,(H2,8,9,10,13). The summed E-state index contributed by atoms with van der Waals surface area (Å²) in [6.07, 6.45) is -0.00387. The maximum Gasteiger partial charge on any atom is 0.312 e. The Morgan fingerprint density at radius 1 is 1.69 bits per heavy atom. The topological polar surface area (TPSA) is 67.9 Å². The molecule has 0 saturated carbocycles. The molecule has 0 aromatic carbocycles. The number of thiol groups is 1. The highest BCUT2D eigenvalue weighted by Gasteiger charge is 2.11. The van der Waals surface area contributed by atoms with Crippen LogP contribution in [0, 0.1) is 0 Å². The molecular formula is C7H11N3O2S. The maximum absolute atomic E-state index is 11.1. The molecule has 6 heteroatoms. The molecule has 5 nitrogen and oxygen atoms in total. The monoisotopic (exact) mass is 201 g/mol. The lowest BCUT2D eigenvalue weighted by Crippen LogP contribution is -2.14. The van der Waals surface area contributed by atoms with E-state index in [1.165, 1.54) is 0 Å². The zero-order valence-corrected chi connectivity index (χ0v) is 8.34. The van der Waals surface area contributed by atoms with Crippen LogP contribution in [0.25, 0.3) is 0 Å². The predicted molar refractivity (Wildman–Crippen MR) is 48.6 cm³/mol. The fourth-order valence-corrected chi connectivity index (χ4v) is 0.973. The summed E-state index contributed by atoms with van der Waals surface area (Å²) in [6, 6.07) is 0. The minimum atomic E-state index is -0.320. The molecule has 0 amide bonds. The first-order valence-electron chi connectivity index (χ1n) is 3.88. The Hall–Kier alpha value is -1.04. The molecule has 0 atom stereocenters. The molecule has 72 valence electrons. The van der Waals surface area contributed by atoms with Crippen LogP contribution in [0.4, 0.5) is 0 Å². The van der Waals surface area contributed by atoms with Gasteiger partial charge in [-0.3, -0.25) is 9.89 Å². The highest BCUT2D eigenvalue weighted by atomic mass is 32.1. The van der Waals surface area contributed by atoms with Crippen molar-refractivity contribution < 1.29 is 9.53 Å². The molecular weight excluding hydrogens is 190 g/mol. The van der Waals surface area contributed by atoms with Crippen molar-refractivity contribution in [1.82, 2.24) is 15.4 Å². The molecule has 0 spiro atoms. The van der Waals surface area contributed by atoms with Gasteiger partial charge in [-0.15, -0.1) is 17.7 Å². The van der Waals surface area contributed by atoms with E-state index in [-0.39, 0.29) is 18.5 Å². The van der Waals surface area contributed by atoms with Crippen LogP contribution < -0.4 is 0 Å². The molecule has 13 heavy (non-hydrogen) atoms. The Balaban J connectivity index is 2.50. The van der Waals surface area contributed by atoms with E-state index in [9.17, 15) is 4.79 Å². The van der Waals surface area contributed by atoms with Gasteiger partial charge in [0.25, 0.3) is 0 Å². The van der Waals surface area contributed by atoms with Crippen molar-refractivity contribution in [2.45, 2.75) is 31.4 Å². The fraction of sp³-hybridized carbons (Fsp3) is 0.571. The van der Waals surface area contributed by atoms with Crippen LogP contribution in [-0.4, -0.2) is 27.5 Å². The lowest BCUT2D eigenvalue weighted by atomic mass is 10.3. The number of aromatic nitrogens is 3. The average molecular weight is 201 g/mol. The summed E-state index contributed by atoms with van der Waals surface area (Å²) in [5, 5.41) is 10.2. The van der Waals surface area contributed by atoms with E-state index in [4.69, 9.17) is 4.74 Å². The summed E-state index contributed by atoms with van der Waals surface area (Å²) in [5.41, 5.74) is 0.508. The van der Waals surface area contributed by atoms with E-state index in [2.05, 4.69) is 28.0 Å². The highest BCUT2D eigenvalue weighted by Crippen LogP contribution is 2.07. The minimum Gasteiger partial charge on any atom is -0.463 e. The summed E-state index contributed by atoms with van der Waals surface area (Å²) in [4.78, 5) is 11.1. The molecule has 1 aromatic rings. The van der Waals surface area contributed by atoms with Crippen LogP contribution in [0.3, 0.4) is 0 Å². The number of nitrogens with zero attached hydrogens (tertiary/aromatic N) is 2. The number of hydrogen-bond acceptors (Lipinski definition) is 5. The molecule has 0 aliphatic heterocycles. The first-order valence-corrected chi connectivity index (χ1v) is 4.32. The summed E-state index contributed by atoms with van der Waals surface area (Å²) in [6.45, 7) is 3.59. The van der Waals surface area contributed by atoms with Crippen LogP contribution >= 0.6 is 12.6 Å². The molecule has 0 aliphatic carbocycles. The smallest absolute Gasteiger partial charge is 0.312 e. The SMILES string of the molecule is CC(C)OC(=O)Cc1nn[nH]c1S. The van der Waals surface area contributed by atoms with Gasteiger partial charge in [0.15, 0.2) is 0 Å². The van der Waals surface area contributed by atoms with Gasteiger partial charge in [-0.2, -0.15) is 0 Å². The maximum atomic E-state index is 11.1. The number of nitrogens with one attached hydrogen (secondary N) is 1. The van der Waals surface area contributed by atoms with Gasteiger partial charge in [-0.05, 0) is 13.8 Å². The van der Waals surface area contributed by atoms with Crippen LogP contribution in [-0.2, 0) is 16.0 Å². The second-order valence-corrected chi connectivity index (χ2v) is 3.27. The molecule has 0 saturated heterocycles. The Morgan fingerprint density at radius 3 is 2.85 bits per heavy atom. The number of carbonyl (C=O) groups excluding carboxylic acids is 1. The predicted octanol–water partition coefficient (Wildman–Crippen LogP) is 0.587. The van der Waals surface area contributed by atoms with Crippen LogP contribution in [0.1, 0.15) is 19.5 Å². The Morgan fingerprint density at radius 2 is 2.38 bits per heavy atom. The van der Waals surface area contributed by atoms with Crippen molar-refractivity contribution in [2.75, 3.05) is 0 Å². The zero-order chi connectivity index (χ0) is 9.84. The normalized spacial score (nSPS) is 10.5. The fourth-order valence-electron chi connectivity index (χ4n) is 0.805. The molecule has 1 N–H and O–H groups in total. The number of aromatic amines is 1. The largest absolute Gasteiger partial charge is 0.463 e. The van der Waals surface area contributed by atoms with Gasteiger partial charge in [0.05, 0.1) is 12.5 Å². The summed E-state index contributed by atoms with van der Waals surface area (Å²) < 4.78 is 4.92. The highest BCUT2D eigenvalue weighted by molar-refractivity contribution is 7.80. The molecule has 0 unspecified atom stereocenters. The lowest BCUT2D eigenvalue weighted by Gasteiger charge is -2.05. The Bertz CT molecular complexity index is 298. The van der Waals surface area contributed by atoms with E-state index in [1.807, 2.05) is 0 Å². The van der Waals surface area contributed by atoms with Crippen molar-refractivity contribution in [3.05, 3.63) is 5.69 Å². The quantitative estimate of drug-likeness (QED) is 0.554. The number of H-pyrrole nitrogens is 1. The first kappa shape index (κ1) is 10.0. The molecule has 0 bridgehead atoms. The van der Waals surface area contributed by atoms with Crippen LogP contribution in [0.2, 0.25) is 0 Å². The second-order valence-electron chi connectivity index (χ2n) is 2.82. The number of esters is 1. The van der Waals surface area contributed by atoms with Gasteiger partial charge in [-0.25, -0.2) is 0 Å². The number of carbonyl (C=O) groups is 1. The first-order chi connectivity index (χ1) is 6.09. The Kier molecular flexibility index (Phi) is 3.30. The molecule has 1 heterocycles. The zero-order valence-electron chi connectivity index (χ0n) is 7.44. The van der Waals surface area contributed by atoms with E-state index in [1.54, 1.807) is 13.8 Å². The van der Waals surface area contributed by atoms with Gasteiger partial charge in [0, 0.05) is 0 Å². The van der Waals surface area contributed by atoms with Gasteiger partial charge in [0.2, 0.25) is 0 Å². The lowest BCUT2D eigenvalue weighted by molar-refractivity contribution is -0.146. The van der Waals surface area contributed by atoms with E-state index in [0.717, 1.165) is 0 Å². The third-order valence-electron chi connectivity index (χ3n) is 1.28. The summed E-state index contributed by atoms with van der Waals surface area (Å²) in [7, 11) is 0. The van der Waals surface area contributed by atoms with E-state index in [0.29, 0.717) is 10.7 Å². The van der Waals surface area contributed by atoms with Crippen molar-refractivity contribution >= 4 is 18.6 Å². The minimum absolute atomic E-state index is 0.105. The number of rotatable bonds is 3. The molecule has 0 fully saturated rings. The number of ether oxygens (including phenoxy) is 1. The molecule has 1 rings (SSSR count).